The SMILES string of the molecule is O=C(Nc1c2c(nc3c1CCC3)CCC2)NS(=O)(=O)c1cnn2c1OCC(F)C2. The van der Waals surface area contributed by atoms with Crippen LogP contribution in [0, 0.1) is 0 Å². The molecule has 1 aliphatic heterocycles. The van der Waals surface area contributed by atoms with Crippen molar-refractivity contribution in [2.45, 2.75) is 56.1 Å². The Labute approximate surface area is 166 Å². The first-order chi connectivity index (χ1) is 13.9. The first-order valence-corrected chi connectivity index (χ1v) is 11.1. The largest absolute Gasteiger partial charge is 0.474 e. The highest BCUT2D eigenvalue weighted by Gasteiger charge is 2.32. The van der Waals surface area contributed by atoms with Gasteiger partial charge in [-0.3, -0.25) is 4.98 Å². The van der Waals surface area contributed by atoms with Crippen LogP contribution in [0.3, 0.4) is 0 Å². The van der Waals surface area contributed by atoms with Crippen LogP contribution in [0.1, 0.15) is 35.4 Å². The van der Waals surface area contributed by atoms with E-state index >= 15 is 0 Å². The fourth-order valence-electron chi connectivity index (χ4n) is 4.28. The zero-order valence-corrected chi connectivity index (χ0v) is 16.4. The van der Waals surface area contributed by atoms with Gasteiger partial charge in [0.2, 0.25) is 5.88 Å². The summed E-state index contributed by atoms with van der Waals surface area (Å²) in [6.45, 7) is -0.345. The van der Waals surface area contributed by atoms with E-state index in [4.69, 9.17) is 9.72 Å². The molecule has 0 radical (unpaired) electrons. The molecule has 11 heteroatoms. The van der Waals surface area contributed by atoms with Crippen LogP contribution < -0.4 is 14.8 Å². The maximum atomic E-state index is 13.4. The number of anilines is 1. The van der Waals surface area contributed by atoms with Crippen molar-refractivity contribution in [1.29, 1.82) is 0 Å². The number of hydrogen-bond acceptors (Lipinski definition) is 6. The number of amides is 2. The van der Waals surface area contributed by atoms with E-state index < -0.39 is 22.2 Å². The fraction of sp³-hybridized carbons (Fsp3) is 0.500. The van der Waals surface area contributed by atoms with Crippen molar-refractivity contribution in [2.75, 3.05) is 11.9 Å². The Morgan fingerprint density at radius 1 is 1.17 bits per heavy atom. The van der Waals surface area contributed by atoms with E-state index in [1.165, 1.54) is 0 Å². The molecule has 2 aliphatic carbocycles. The van der Waals surface area contributed by atoms with Gasteiger partial charge in [-0.05, 0) is 49.7 Å². The van der Waals surface area contributed by atoms with Gasteiger partial charge in [-0.1, -0.05) is 0 Å². The zero-order valence-electron chi connectivity index (χ0n) is 15.6. The van der Waals surface area contributed by atoms with Gasteiger partial charge < -0.3 is 10.1 Å². The van der Waals surface area contributed by atoms with Gasteiger partial charge in [0, 0.05) is 11.4 Å². The summed E-state index contributed by atoms with van der Waals surface area (Å²) in [4.78, 5) is 17.0. The highest BCUT2D eigenvalue weighted by atomic mass is 32.2. The maximum Gasteiger partial charge on any atom is 0.333 e. The second kappa shape index (κ2) is 6.68. The van der Waals surface area contributed by atoms with Crippen LogP contribution in [0.2, 0.25) is 0 Å². The van der Waals surface area contributed by atoms with Crippen LogP contribution >= 0.6 is 0 Å². The number of pyridine rings is 1. The predicted molar refractivity (Wildman–Crippen MR) is 100 cm³/mol. The Bertz CT molecular complexity index is 1080. The molecule has 2 amide bonds. The van der Waals surface area contributed by atoms with Crippen LogP contribution in [0.5, 0.6) is 5.88 Å². The van der Waals surface area contributed by atoms with Gasteiger partial charge in [-0.2, -0.15) is 5.10 Å². The predicted octanol–water partition coefficient (Wildman–Crippen LogP) is 1.50. The molecule has 154 valence electrons. The van der Waals surface area contributed by atoms with Gasteiger partial charge in [-0.15, -0.1) is 0 Å². The highest BCUT2D eigenvalue weighted by Crippen LogP contribution is 2.36. The lowest BCUT2D eigenvalue weighted by Gasteiger charge is -2.19. The third kappa shape index (κ3) is 3.13. The van der Waals surface area contributed by atoms with Gasteiger partial charge >= 0.3 is 6.03 Å². The number of urea groups is 1. The van der Waals surface area contributed by atoms with E-state index in [0.29, 0.717) is 5.69 Å². The van der Waals surface area contributed by atoms with Crippen LogP contribution in [0.4, 0.5) is 14.9 Å². The molecular formula is C18H20FN5O4S. The molecule has 3 aliphatic rings. The number of aryl methyl sites for hydroxylation is 2. The van der Waals surface area contributed by atoms with Crippen LogP contribution in [-0.4, -0.2) is 42.0 Å². The van der Waals surface area contributed by atoms with E-state index in [1.54, 1.807) is 0 Å². The maximum absolute atomic E-state index is 13.4. The molecule has 0 spiro atoms. The van der Waals surface area contributed by atoms with E-state index in [9.17, 15) is 17.6 Å². The minimum absolute atomic E-state index is 0.0649. The van der Waals surface area contributed by atoms with E-state index in [0.717, 1.165) is 71.9 Å². The van der Waals surface area contributed by atoms with Gasteiger partial charge in [-0.25, -0.2) is 27.0 Å². The Morgan fingerprint density at radius 2 is 1.86 bits per heavy atom. The molecule has 2 aromatic rings. The average molecular weight is 421 g/mol. The summed E-state index contributed by atoms with van der Waals surface area (Å²) in [5.74, 6) is -0.0649. The average Bonchev–Trinajstić information content (AvgIpc) is 3.39. The second-order valence-electron chi connectivity index (χ2n) is 7.51. The molecule has 2 N–H and O–H groups in total. The molecule has 0 saturated carbocycles. The molecule has 0 bridgehead atoms. The Balaban J connectivity index is 1.40. The molecule has 29 heavy (non-hydrogen) atoms. The number of sulfonamides is 1. The van der Waals surface area contributed by atoms with E-state index in [2.05, 4.69) is 10.4 Å². The standard InChI is InChI=1S/C18H20FN5O4S/c19-10-8-24-17(28-9-10)15(7-20-24)29(26,27)23-18(25)22-16-11-3-1-5-13(11)21-14-6-2-4-12(14)16/h7,10H,1-6,8-9H2,(H2,21,22,23,25). The Kier molecular flexibility index (Phi) is 4.23. The molecule has 5 rings (SSSR count). The molecular weight excluding hydrogens is 401 g/mol. The minimum atomic E-state index is -4.23. The lowest BCUT2D eigenvalue weighted by atomic mass is 10.1. The summed E-state index contributed by atoms with van der Waals surface area (Å²) in [5.41, 5.74) is 4.67. The lowest BCUT2D eigenvalue weighted by molar-refractivity contribution is 0.122. The van der Waals surface area contributed by atoms with Crippen molar-refractivity contribution in [2.24, 2.45) is 0 Å². The summed E-state index contributed by atoms with van der Waals surface area (Å²) in [5, 5.41) is 6.60. The number of rotatable bonds is 3. The third-order valence-electron chi connectivity index (χ3n) is 5.54. The van der Waals surface area contributed by atoms with Crippen molar-refractivity contribution in [1.82, 2.24) is 19.5 Å². The summed E-state index contributed by atoms with van der Waals surface area (Å²) < 4.78 is 47.2. The molecule has 3 heterocycles. The first-order valence-electron chi connectivity index (χ1n) is 9.62. The zero-order chi connectivity index (χ0) is 20.2. The second-order valence-corrected chi connectivity index (χ2v) is 9.16. The van der Waals surface area contributed by atoms with Gasteiger partial charge in [0.15, 0.2) is 11.1 Å². The van der Waals surface area contributed by atoms with E-state index in [-0.39, 0.29) is 23.9 Å². The number of carbonyl (C=O) groups excluding carboxylic acids is 1. The number of halogens is 1. The number of hydrogen-bond donors (Lipinski definition) is 2. The molecule has 1 unspecified atom stereocenters. The van der Waals surface area contributed by atoms with Crippen LogP contribution in [-0.2, 0) is 42.3 Å². The topological polar surface area (TPSA) is 115 Å². The Hall–Kier alpha value is -2.69. The van der Waals surface area contributed by atoms with Gasteiger partial charge in [0.25, 0.3) is 10.0 Å². The number of aromatic nitrogens is 3. The fourth-order valence-corrected chi connectivity index (χ4v) is 5.26. The smallest absolute Gasteiger partial charge is 0.333 e. The first kappa shape index (κ1) is 18.3. The quantitative estimate of drug-likeness (QED) is 0.776. The van der Waals surface area contributed by atoms with Crippen LogP contribution in [0.15, 0.2) is 11.1 Å². The number of alkyl halides is 1. The van der Waals surface area contributed by atoms with Crippen molar-refractivity contribution in [3.05, 3.63) is 28.7 Å². The van der Waals surface area contributed by atoms with Crippen molar-refractivity contribution in [3.8, 4) is 5.88 Å². The summed E-state index contributed by atoms with van der Waals surface area (Å²) in [7, 11) is -4.23. The monoisotopic (exact) mass is 421 g/mol. The summed E-state index contributed by atoms with van der Waals surface area (Å²) in [6.07, 6.45) is 5.10. The minimum Gasteiger partial charge on any atom is -0.474 e. The van der Waals surface area contributed by atoms with Gasteiger partial charge in [0.05, 0.1) is 18.4 Å². The molecule has 0 aromatic carbocycles. The molecule has 0 fully saturated rings. The van der Waals surface area contributed by atoms with Gasteiger partial charge in [0.1, 0.15) is 6.61 Å². The number of fused-ring (bicyclic) bond motifs is 3. The molecule has 9 nitrogen and oxygen atoms in total. The van der Waals surface area contributed by atoms with Crippen molar-refractivity contribution < 1.29 is 22.3 Å². The van der Waals surface area contributed by atoms with E-state index in [1.807, 2.05) is 4.72 Å². The molecule has 0 saturated heterocycles. The lowest BCUT2D eigenvalue weighted by Crippen LogP contribution is -2.35. The van der Waals surface area contributed by atoms with Crippen molar-refractivity contribution in [3.63, 3.8) is 0 Å². The number of ether oxygens (including phenoxy) is 1. The number of carbonyl (C=O) groups is 1. The van der Waals surface area contributed by atoms with Crippen LogP contribution in [0.25, 0.3) is 0 Å². The third-order valence-corrected chi connectivity index (χ3v) is 6.85. The Morgan fingerprint density at radius 3 is 2.55 bits per heavy atom. The highest BCUT2D eigenvalue weighted by molar-refractivity contribution is 7.90. The summed E-state index contributed by atoms with van der Waals surface area (Å²) in [6, 6.07) is -0.849. The van der Waals surface area contributed by atoms with Crippen molar-refractivity contribution >= 4 is 21.7 Å². The summed E-state index contributed by atoms with van der Waals surface area (Å²) >= 11 is 0. The number of nitrogens with zero attached hydrogens (tertiary/aromatic N) is 3. The number of nitrogens with one attached hydrogen (secondary N) is 2. The molecule has 2 aromatic heterocycles. The normalized spacial score (nSPS) is 19.8. The molecule has 1 atom stereocenters.